The number of hydrogen-bond donors (Lipinski definition) is 0. The van der Waals surface area contributed by atoms with Crippen LogP contribution in [0.2, 0.25) is 0 Å². The first kappa shape index (κ1) is 11.4. The first-order chi connectivity index (χ1) is 6.29. The van der Waals surface area contributed by atoms with E-state index in [1.54, 1.807) is 0 Å². The summed E-state index contributed by atoms with van der Waals surface area (Å²) in [4.78, 5) is 0. The lowest BCUT2D eigenvalue weighted by atomic mass is 9.75. The van der Waals surface area contributed by atoms with Crippen LogP contribution < -0.4 is 0 Å². The van der Waals surface area contributed by atoms with Gasteiger partial charge >= 0.3 is 0 Å². The van der Waals surface area contributed by atoms with Crippen molar-refractivity contribution < 1.29 is 0 Å². The van der Waals surface area contributed by atoms with E-state index in [4.69, 9.17) is 11.6 Å². The van der Waals surface area contributed by atoms with E-state index in [1.807, 2.05) is 0 Å². The predicted molar refractivity (Wildman–Crippen MR) is 60.3 cm³/mol. The molecule has 3 unspecified atom stereocenters. The van der Waals surface area contributed by atoms with E-state index in [2.05, 4.69) is 13.8 Å². The van der Waals surface area contributed by atoms with Crippen LogP contribution in [0.5, 0.6) is 0 Å². The molecule has 0 radical (unpaired) electrons. The molecule has 13 heavy (non-hydrogen) atoms. The van der Waals surface area contributed by atoms with Crippen molar-refractivity contribution in [2.75, 3.05) is 0 Å². The Labute approximate surface area is 88.1 Å². The van der Waals surface area contributed by atoms with Crippen molar-refractivity contribution in [3.63, 3.8) is 0 Å². The molecule has 0 nitrogen and oxygen atoms in total. The summed E-state index contributed by atoms with van der Waals surface area (Å²) in [5.41, 5.74) is 0. The summed E-state index contributed by atoms with van der Waals surface area (Å²) in [6.07, 6.45) is 9.43. The fourth-order valence-corrected chi connectivity index (χ4v) is 3.26. The Morgan fingerprint density at radius 2 is 1.92 bits per heavy atom. The second kappa shape index (κ2) is 5.90. The summed E-state index contributed by atoms with van der Waals surface area (Å²) in [7, 11) is 0. The van der Waals surface area contributed by atoms with E-state index in [0.29, 0.717) is 5.38 Å². The molecule has 0 aliphatic heterocycles. The number of halogens is 1. The van der Waals surface area contributed by atoms with Crippen LogP contribution in [0.25, 0.3) is 0 Å². The highest BCUT2D eigenvalue weighted by atomic mass is 35.5. The van der Waals surface area contributed by atoms with Crippen molar-refractivity contribution >= 4 is 11.6 Å². The van der Waals surface area contributed by atoms with Gasteiger partial charge in [-0.15, -0.1) is 11.6 Å². The molecule has 0 bridgehead atoms. The molecule has 78 valence electrons. The number of rotatable bonds is 4. The molecule has 3 atom stereocenters. The Hall–Kier alpha value is 0.290. The van der Waals surface area contributed by atoms with Gasteiger partial charge in [-0.1, -0.05) is 46.0 Å². The highest BCUT2D eigenvalue weighted by molar-refractivity contribution is 6.20. The van der Waals surface area contributed by atoms with E-state index >= 15 is 0 Å². The molecule has 0 spiro atoms. The minimum atomic E-state index is 0.454. The molecule has 1 aliphatic rings. The van der Waals surface area contributed by atoms with Gasteiger partial charge in [0.2, 0.25) is 0 Å². The monoisotopic (exact) mass is 202 g/mol. The van der Waals surface area contributed by atoms with E-state index < -0.39 is 0 Å². The van der Waals surface area contributed by atoms with Gasteiger partial charge in [0.1, 0.15) is 0 Å². The van der Waals surface area contributed by atoms with Gasteiger partial charge in [-0.3, -0.25) is 0 Å². The normalized spacial score (nSPS) is 31.6. The Morgan fingerprint density at radius 1 is 1.23 bits per heavy atom. The fraction of sp³-hybridized carbons (Fsp3) is 1.00. The van der Waals surface area contributed by atoms with E-state index in [-0.39, 0.29) is 0 Å². The second-order valence-corrected chi connectivity index (χ2v) is 4.98. The molecule has 0 aromatic heterocycles. The first-order valence-corrected chi connectivity index (χ1v) is 6.37. The van der Waals surface area contributed by atoms with Gasteiger partial charge in [0.25, 0.3) is 0 Å². The van der Waals surface area contributed by atoms with E-state index in [9.17, 15) is 0 Å². The summed E-state index contributed by atoms with van der Waals surface area (Å²) in [6, 6.07) is 0. The Bertz CT molecular complexity index is 133. The molecule has 0 aromatic carbocycles. The average Bonchev–Trinajstić information content (AvgIpc) is 2.18. The first-order valence-electron chi connectivity index (χ1n) is 5.93. The van der Waals surface area contributed by atoms with Crippen LogP contribution >= 0.6 is 11.6 Å². The second-order valence-electron chi connectivity index (χ2n) is 4.42. The van der Waals surface area contributed by atoms with Crippen LogP contribution in [0, 0.1) is 11.8 Å². The maximum Gasteiger partial charge on any atom is 0.0366 e. The van der Waals surface area contributed by atoms with Gasteiger partial charge in [-0.2, -0.15) is 0 Å². The largest absolute Gasteiger partial charge is 0.123 e. The number of hydrogen-bond acceptors (Lipinski definition) is 0. The molecular formula is C12H23Cl. The average molecular weight is 203 g/mol. The molecule has 1 heteroatoms. The molecule has 0 N–H and O–H groups in total. The zero-order valence-corrected chi connectivity index (χ0v) is 9.82. The van der Waals surface area contributed by atoms with Crippen molar-refractivity contribution in [2.45, 2.75) is 64.2 Å². The third-order valence-electron chi connectivity index (χ3n) is 3.52. The van der Waals surface area contributed by atoms with Crippen LogP contribution in [0.4, 0.5) is 0 Å². The van der Waals surface area contributed by atoms with Crippen LogP contribution in [0.1, 0.15) is 58.8 Å². The molecule has 0 saturated heterocycles. The van der Waals surface area contributed by atoms with Gasteiger partial charge in [-0.05, 0) is 24.7 Å². The van der Waals surface area contributed by atoms with Gasteiger partial charge in [0.05, 0.1) is 0 Å². The topological polar surface area (TPSA) is 0 Å². The van der Waals surface area contributed by atoms with Crippen molar-refractivity contribution in [3.05, 3.63) is 0 Å². The minimum absolute atomic E-state index is 0.454. The van der Waals surface area contributed by atoms with Gasteiger partial charge in [0.15, 0.2) is 0 Å². The summed E-state index contributed by atoms with van der Waals surface area (Å²) < 4.78 is 0. The maximum absolute atomic E-state index is 6.43. The van der Waals surface area contributed by atoms with Gasteiger partial charge in [0, 0.05) is 5.38 Å². The molecule has 1 fully saturated rings. The third-order valence-corrected chi connectivity index (χ3v) is 4.06. The van der Waals surface area contributed by atoms with Crippen molar-refractivity contribution in [1.82, 2.24) is 0 Å². The number of alkyl halides is 1. The Kier molecular flexibility index (Phi) is 5.16. The van der Waals surface area contributed by atoms with Crippen LogP contribution in [0.3, 0.4) is 0 Å². The summed E-state index contributed by atoms with van der Waals surface area (Å²) in [6.45, 7) is 4.55. The van der Waals surface area contributed by atoms with E-state index in [0.717, 1.165) is 11.8 Å². The van der Waals surface area contributed by atoms with Crippen molar-refractivity contribution in [1.29, 1.82) is 0 Å². The summed E-state index contributed by atoms with van der Waals surface area (Å²) in [5.74, 6) is 1.74. The van der Waals surface area contributed by atoms with Gasteiger partial charge < -0.3 is 0 Å². The van der Waals surface area contributed by atoms with Crippen LogP contribution in [0.15, 0.2) is 0 Å². The standard InChI is InChI=1S/C12H23Cl/c1-3-7-12(13)11-9-6-5-8-10(11)4-2/h10-12H,3-9H2,1-2H3. The lowest BCUT2D eigenvalue weighted by Crippen LogP contribution is -2.27. The van der Waals surface area contributed by atoms with Crippen LogP contribution in [-0.4, -0.2) is 5.38 Å². The molecule has 1 saturated carbocycles. The molecule has 1 rings (SSSR count). The fourth-order valence-electron chi connectivity index (χ4n) is 2.71. The SMILES string of the molecule is CCCC(Cl)C1CCCCC1CC. The molecule has 0 amide bonds. The zero-order valence-electron chi connectivity index (χ0n) is 9.06. The Balaban J connectivity index is 2.43. The molecule has 0 aromatic rings. The predicted octanol–water partition coefficient (Wildman–Crippen LogP) is 4.61. The molecular weight excluding hydrogens is 180 g/mol. The van der Waals surface area contributed by atoms with Gasteiger partial charge in [-0.25, -0.2) is 0 Å². The summed E-state index contributed by atoms with van der Waals surface area (Å²) >= 11 is 6.43. The molecule has 1 aliphatic carbocycles. The lowest BCUT2D eigenvalue weighted by Gasteiger charge is -2.34. The smallest absolute Gasteiger partial charge is 0.0366 e. The Morgan fingerprint density at radius 3 is 2.54 bits per heavy atom. The lowest BCUT2D eigenvalue weighted by molar-refractivity contribution is 0.218. The maximum atomic E-state index is 6.43. The zero-order chi connectivity index (χ0) is 9.68. The quantitative estimate of drug-likeness (QED) is 0.584. The van der Waals surface area contributed by atoms with E-state index in [1.165, 1.54) is 44.9 Å². The van der Waals surface area contributed by atoms with Crippen molar-refractivity contribution in [3.8, 4) is 0 Å². The summed E-state index contributed by atoms with van der Waals surface area (Å²) in [5, 5.41) is 0.454. The van der Waals surface area contributed by atoms with Crippen molar-refractivity contribution in [2.24, 2.45) is 11.8 Å². The third kappa shape index (κ3) is 3.16. The highest BCUT2D eigenvalue weighted by Gasteiger charge is 2.28. The highest BCUT2D eigenvalue weighted by Crippen LogP contribution is 2.37. The molecule has 0 heterocycles. The van der Waals surface area contributed by atoms with Crippen LogP contribution in [-0.2, 0) is 0 Å². The minimum Gasteiger partial charge on any atom is -0.123 e.